The molecule has 0 amide bonds. The first-order valence-electron chi connectivity index (χ1n) is 3.61. The van der Waals surface area contributed by atoms with Crippen molar-refractivity contribution < 1.29 is 36.9 Å². The fourth-order valence-corrected chi connectivity index (χ4v) is 0.300. The standard InChI is InChI=1S/C5H14NO.C2H6O2.ClH.FH.H3N/c1-6(2,3)4-5-7;3-1-2-4;;;/h7H,4-5H2,1-3H3;3-4H,1-2H2;2*1H;1H3/q+1;;;;/p-1. The van der Waals surface area contributed by atoms with Crippen LogP contribution in [0.5, 0.6) is 0 Å². The highest BCUT2D eigenvalue weighted by Gasteiger charge is 2.02. The Kier molecular flexibility index (Phi) is 39.1. The summed E-state index contributed by atoms with van der Waals surface area (Å²) in [6, 6.07) is 0. The molecule has 0 unspecified atom stereocenters. The predicted molar refractivity (Wildman–Crippen MR) is 51.7 cm³/mol. The summed E-state index contributed by atoms with van der Waals surface area (Å²) in [5.74, 6) is 0. The van der Waals surface area contributed by atoms with Crippen LogP contribution in [0.25, 0.3) is 0 Å². The van der Waals surface area contributed by atoms with Gasteiger partial charge in [-0.3, -0.25) is 4.70 Å². The fraction of sp³-hybridized carbons (Fsp3) is 1.00. The van der Waals surface area contributed by atoms with Gasteiger partial charge >= 0.3 is 0 Å². The van der Waals surface area contributed by atoms with Crippen molar-refractivity contribution in [2.75, 3.05) is 47.5 Å². The van der Waals surface area contributed by atoms with Crippen molar-refractivity contribution in [1.29, 1.82) is 0 Å². The maximum Gasteiger partial charge on any atom is 0.101 e. The predicted octanol–water partition coefficient (Wildman–Crippen LogP) is -4.03. The molecule has 0 aromatic heterocycles. The van der Waals surface area contributed by atoms with Gasteiger partial charge in [-0.2, -0.15) is 0 Å². The first-order chi connectivity index (χ1) is 4.97. The summed E-state index contributed by atoms with van der Waals surface area (Å²) in [5, 5.41) is 23.6. The molecule has 0 saturated heterocycles. The highest BCUT2D eigenvalue weighted by molar-refractivity contribution is 4.19. The number of hydrogen-bond donors (Lipinski definition) is 4. The van der Waals surface area contributed by atoms with Crippen LogP contribution in [0.2, 0.25) is 0 Å². The highest BCUT2D eigenvalue weighted by atomic mass is 35.5. The largest absolute Gasteiger partial charge is 1.00 e. The molecular formula is C7H24ClFN2O3. The van der Waals surface area contributed by atoms with Gasteiger partial charge in [-0.25, -0.2) is 0 Å². The molecule has 0 heterocycles. The number of hydrogen-bond acceptors (Lipinski definition) is 4. The van der Waals surface area contributed by atoms with Crippen LogP contribution in [0.1, 0.15) is 0 Å². The van der Waals surface area contributed by atoms with Crippen molar-refractivity contribution in [2.24, 2.45) is 0 Å². The van der Waals surface area contributed by atoms with E-state index in [1.807, 2.05) is 0 Å². The number of aliphatic hydroxyl groups excluding tert-OH is 3. The molecule has 0 rings (SSSR count). The quantitative estimate of drug-likeness (QED) is 0.377. The van der Waals surface area contributed by atoms with Gasteiger partial charge in [0.2, 0.25) is 0 Å². The molecule has 0 aliphatic heterocycles. The fourth-order valence-electron chi connectivity index (χ4n) is 0.300. The van der Waals surface area contributed by atoms with Gasteiger partial charge < -0.3 is 38.4 Å². The number of likely N-dealkylation sites (N-methyl/N-ethyl adjacent to an activating group) is 1. The van der Waals surface area contributed by atoms with Gasteiger partial charge in [-0.15, -0.1) is 0 Å². The van der Waals surface area contributed by atoms with Crippen molar-refractivity contribution in [2.45, 2.75) is 0 Å². The number of nitrogens with zero attached hydrogens (tertiary/aromatic N) is 1. The lowest BCUT2D eigenvalue weighted by molar-refractivity contribution is -0.870. The normalized spacial score (nSPS) is 8.14. The van der Waals surface area contributed by atoms with E-state index in [0.29, 0.717) is 0 Å². The Labute approximate surface area is 91.3 Å². The maximum atomic E-state index is 8.39. The third kappa shape index (κ3) is 57.9. The zero-order chi connectivity index (χ0) is 9.33. The van der Waals surface area contributed by atoms with Gasteiger partial charge in [0.1, 0.15) is 6.54 Å². The Morgan fingerprint density at radius 3 is 1.14 bits per heavy atom. The zero-order valence-corrected chi connectivity index (χ0v) is 9.87. The number of quaternary nitrogens is 1. The summed E-state index contributed by atoms with van der Waals surface area (Å²) < 4.78 is 0.844. The molecule has 0 aromatic carbocycles. The number of halogens is 2. The van der Waals surface area contributed by atoms with Crippen molar-refractivity contribution in [3.63, 3.8) is 0 Å². The second-order valence-electron chi connectivity index (χ2n) is 3.18. The Bertz CT molecular complexity index is 81.8. The summed E-state index contributed by atoms with van der Waals surface area (Å²) >= 11 is 0. The summed E-state index contributed by atoms with van der Waals surface area (Å²) in [5.41, 5.74) is 0. The van der Waals surface area contributed by atoms with Gasteiger partial charge in [0.25, 0.3) is 0 Å². The number of rotatable bonds is 3. The molecule has 6 N–H and O–H groups in total. The summed E-state index contributed by atoms with van der Waals surface area (Å²) in [6.07, 6.45) is 0. The van der Waals surface area contributed by atoms with Gasteiger partial charge in [0, 0.05) is 0 Å². The van der Waals surface area contributed by atoms with Crippen molar-refractivity contribution in [1.82, 2.24) is 6.15 Å². The lowest BCUT2D eigenvalue weighted by Crippen LogP contribution is -3.00. The van der Waals surface area contributed by atoms with Crippen LogP contribution < -0.4 is 18.6 Å². The van der Waals surface area contributed by atoms with Gasteiger partial charge in [0.05, 0.1) is 41.0 Å². The van der Waals surface area contributed by atoms with Crippen LogP contribution in [-0.4, -0.2) is 67.3 Å². The van der Waals surface area contributed by atoms with E-state index in [4.69, 9.17) is 15.3 Å². The summed E-state index contributed by atoms with van der Waals surface area (Å²) in [6.45, 7) is 0.865. The minimum absolute atomic E-state index is 0. The zero-order valence-electron chi connectivity index (χ0n) is 9.11. The van der Waals surface area contributed by atoms with Gasteiger partial charge in [-0.05, 0) is 0 Å². The summed E-state index contributed by atoms with van der Waals surface area (Å²) in [4.78, 5) is 0. The van der Waals surface area contributed by atoms with Gasteiger partial charge in [-0.1, -0.05) is 0 Å². The second-order valence-corrected chi connectivity index (χ2v) is 3.18. The topological polar surface area (TPSA) is 95.7 Å². The van der Waals surface area contributed by atoms with Crippen molar-refractivity contribution >= 4 is 0 Å². The molecule has 5 nitrogen and oxygen atoms in total. The molecule has 0 bridgehead atoms. The molecule has 7 heteroatoms. The Hall–Kier alpha value is 0.0200. The van der Waals surface area contributed by atoms with Crippen LogP contribution in [0.3, 0.4) is 0 Å². The molecule has 0 aliphatic carbocycles. The minimum atomic E-state index is -0.125. The highest BCUT2D eigenvalue weighted by Crippen LogP contribution is 1.84. The molecule has 0 spiro atoms. The Morgan fingerprint density at radius 2 is 1.14 bits per heavy atom. The Balaban J connectivity index is -0.0000000347. The maximum absolute atomic E-state index is 8.39. The molecule has 94 valence electrons. The second kappa shape index (κ2) is 18.7. The van der Waals surface area contributed by atoms with E-state index in [2.05, 4.69) is 21.1 Å². The molecule has 0 atom stereocenters. The van der Waals surface area contributed by atoms with E-state index in [-0.39, 0.29) is 43.1 Å². The van der Waals surface area contributed by atoms with Gasteiger partial charge in [0.15, 0.2) is 0 Å². The van der Waals surface area contributed by atoms with Crippen LogP contribution >= 0.6 is 0 Å². The van der Waals surface area contributed by atoms with E-state index >= 15 is 0 Å². The first-order valence-corrected chi connectivity index (χ1v) is 3.61. The molecular weight excluding hydrogens is 215 g/mol. The van der Waals surface area contributed by atoms with Crippen LogP contribution in [0, 0.1) is 0 Å². The van der Waals surface area contributed by atoms with E-state index < -0.39 is 0 Å². The lowest BCUT2D eigenvalue weighted by atomic mass is 10.5. The third-order valence-electron chi connectivity index (χ3n) is 0.871. The van der Waals surface area contributed by atoms with Crippen molar-refractivity contribution in [3.05, 3.63) is 0 Å². The average molecular weight is 239 g/mol. The minimum Gasteiger partial charge on any atom is -1.00 e. The van der Waals surface area contributed by atoms with E-state index in [9.17, 15) is 0 Å². The van der Waals surface area contributed by atoms with Crippen molar-refractivity contribution in [3.8, 4) is 0 Å². The van der Waals surface area contributed by atoms with E-state index in [1.54, 1.807) is 0 Å². The van der Waals surface area contributed by atoms with Crippen LogP contribution in [0.4, 0.5) is 4.70 Å². The van der Waals surface area contributed by atoms with Crippen LogP contribution in [0.15, 0.2) is 0 Å². The Morgan fingerprint density at radius 1 is 0.857 bits per heavy atom. The molecule has 0 aliphatic rings. The smallest absolute Gasteiger partial charge is 0.101 e. The van der Waals surface area contributed by atoms with E-state index in [0.717, 1.165) is 11.0 Å². The third-order valence-corrected chi connectivity index (χ3v) is 0.871. The van der Waals surface area contributed by atoms with Crippen LogP contribution in [-0.2, 0) is 0 Å². The lowest BCUT2D eigenvalue weighted by Gasteiger charge is -2.21. The SMILES string of the molecule is C[N+](C)(C)CCO.F.N.OCCO.[Cl-]. The molecule has 0 aromatic rings. The average Bonchev–Trinajstić information content (AvgIpc) is 1.86. The molecule has 0 fully saturated rings. The summed E-state index contributed by atoms with van der Waals surface area (Å²) in [7, 11) is 6.16. The van der Waals surface area contributed by atoms with E-state index in [1.165, 1.54) is 0 Å². The first kappa shape index (κ1) is 29.2. The molecule has 0 saturated carbocycles. The monoisotopic (exact) mass is 238 g/mol. The number of aliphatic hydroxyl groups is 3. The molecule has 0 radical (unpaired) electrons. The molecule has 14 heavy (non-hydrogen) atoms.